The van der Waals surface area contributed by atoms with Crippen LogP contribution in [-0.4, -0.2) is 80.7 Å². The summed E-state index contributed by atoms with van der Waals surface area (Å²) in [4.78, 5) is 39.7. The molecular formula is C27H28O11. The molecule has 1 aliphatic heterocycles. The van der Waals surface area contributed by atoms with Gasteiger partial charge in [0.2, 0.25) is 5.78 Å². The summed E-state index contributed by atoms with van der Waals surface area (Å²) in [5.74, 6) is -3.64. The Morgan fingerprint density at radius 2 is 1.82 bits per heavy atom. The highest BCUT2D eigenvalue weighted by Crippen LogP contribution is 2.52. The molecule has 1 saturated heterocycles. The van der Waals surface area contributed by atoms with Crippen molar-refractivity contribution in [3.8, 4) is 17.2 Å². The summed E-state index contributed by atoms with van der Waals surface area (Å²) >= 11 is 0. The minimum absolute atomic E-state index is 0.0371. The number of ether oxygens (including phenoxy) is 3. The van der Waals surface area contributed by atoms with Gasteiger partial charge in [0, 0.05) is 36.0 Å². The molecule has 0 aromatic heterocycles. The summed E-state index contributed by atoms with van der Waals surface area (Å²) in [6.07, 6.45) is -3.85. The van der Waals surface area contributed by atoms with Crippen molar-refractivity contribution in [2.45, 2.75) is 62.8 Å². The minimum Gasteiger partial charge on any atom is -0.507 e. The second-order valence-electron chi connectivity index (χ2n) is 9.91. The number of hydrogen-bond acceptors (Lipinski definition) is 11. The van der Waals surface area contributed by atoms with Crippen LogP contribution >= 0.6 is 0 Å². The van der Waals surface area contributed by atoms with E-state index in [-0.39, 0.29) is 34.4 Å². The first kappa shape index (κ1) is 26.3. The van der Waals surface area contributed by atoms with Crippen molar-refractivity contribution in [3.63, 3.8) is 0 Å². The molecule has 1 fully saturated rings. The molecule has 0 saturated carbocycles. The van der Waals surface area contributed by atoms with E-state index in [1.807, 2.05) is 0 Å². The lowest BCUT2D eigenvalue weighted by Gasteiger charge is -2.41. The monoisotopic (exact) mass is 528 g/mol. The molecule has 2 aliphatic carbocycles. The normalized spacial score (nSPS) is 28.3. The molecule has 5 atom stereocenters. The maximum Gasteiger partial charge on any atom is 0.202 e. The minimum atomic E-state index is -2.20. The summed E-state index contributed by atoms with van der Waals surface area (Å²) in [5, 5.41) is 53.5. The SMILES string of the molecule is COc1cccc2c1C(=O)c1c(O)c3c(c(O)c1C2=O)C[C@](O)(C(=O)CO)C[C@H]3OC1CC[C@@H](O)[C@@H](C)O1. The standard InChI is InChI=1S/C27H28O11/c1-11-14(29)6-7-18(37-11)38-16-9-27(35,17(30)10-28)8-13-20(16)26(34)22-21(24(13)32)23(31)12-4-3-5-15(36-2)19(12)25(22)33/h3-5,11,14,16,18,28-29,32,34-35H,6-10H2,1-2H3/t11-,14-,16-,18?,27-/m1/s1. The van der Waals surface area contributed by atoms with Crippen LogP contribution in [0.3, 0.4) is 0 Å². The summed E-state index contributed by atoms with van der Waals surface area (Å²) < 4.78 is 17.0. The number of carbonyl (C=O) groups excluding carboxylic acids is 3. The van der Waals surface area contributed by atoms with Crippen molar-refractivity contribution in [2.24, 2.45) is 0 Å². The Morgan fingerprint density at radius 3 is 2.47 bits per heavy atom. The van der Waals surface area contributed by atoms with E-state index < -0.39 is 89.6 Å². The smallest absolute Gasteiger partial charge is 0.202 e. The van der Waals surface area contributed by atoms with Gasteiger partial charge >= 0.3 is 0 Å². The highest BCUT2D eigenvalue weighted by molar-refractivity contribution is 6.31. The van der Waals surface area contributed by atoms with Crippen LogP contribution in [-0.2, 0) is 20.7 Å². The number of rotatable bonds is 5. The third-order valence-electron chi connectivity index (χ3n) is 7.66. The lowest BCUT2D eigenvalue weighted by molar-refractivity contribution is -0.243. The van der Waals surface area contributed by atoms with E-state index in [2.05, 4.69) is 0 Å². The molecule has 5 rings (SSSR count). The molecule has 3 aliphatic rings. The van der Waals surface area contributed by atoms with Crippen LogP contribution in [0.25, 0.3) is 0 Å². The maximum absolute atomic E-state index is 13.6. The zero-order chi connectivity index (χ0) is 27.5. The van der Waals surface area contributed by atoms with Crippen LogP contribution in [0.5, 0.6) is 17.2 Å². The average molecular weight is 529 g/mol. The number of aromatic hydroxyl groups is 2. The summed E-state index contributed by atoms with van der Waals surface area (Å²) in [6.45, 7) is 0.652. The largest absolute Gasteiger partial charge is 0.507 e. The lowest BCUT2D eigenvalue weighted by atomic mass is 9.72. The fraction of sp³-hybridized carbons (Fsp3) is 0.444. The van der Waals surface area contributed by atoms with Gasteiger partial charge in [0.25, 0.3) is 0 Å². The third kappa shape index (κ3) is 3.89. The molecule has 5 N–H and O–H groups in total. The number of phenols is 2. The zero-order valence-corrected chi connectivity index (χ0v) is 20.8. The lowest BCUT2D eigenvalue weighted by Crippen LogP contribution is -2.48. The highest BCUT2D eigenvalue weighted by Gasteiger charge is 2.49. The number of methoxy groups -OCH3 is 1. The molecule has 2 aromatic carbocycles. The molecule has 202 valence electrons. The summed E-state index contributed by atoms with van der Waals surface area (Å²) in [5.41, 5.74) is -3.43. The predicted molar refractivity (Wildman–Crippen MR) is 128 cm³/mol. The molecule has 0 amide bonds. The number of aliphatic hydroxyl groups excluding tert-OH is 2. The molecule has 11 heteroatoms. The second-order valence-corrected chi connectivity index (χ2v) is 9.91. The number of ketones is 3. The number of Topliss-reactive ketones (excluding diaryl/α,β-unsaturated/α-hetero) is 1. The van der Waals surface area contributed by atoms with Crippen LogP contribution < -0.4 is 4.74 Å². The van der Waals surface area contributed by atoms with Crippen LogP contribution in [0.1, 0.15) is 75.3 Å². The first-order valence-electron chi connectivity index (χ1n) is 12.2. The number of benzene rings is 2. The Kier molecular flexibility index (Phi) is 6.52. The Hall–Kier alpha value is -3.35. The zero-order valence-electron chi connectivity index (χ0n) is 20.8. The van der Waals surface area contributed by atoms with Gasteiger partial charge in [0.05, 0.1) is 42.1 Å². The van der Waals surface area contributed by atoms with Gasteiger partial charge in [-0.1, -0.05) is 12.1 Å². The first-order chi connectivity index (χ1) is 18.0. The number of carbonyl (C=O) groups is 3. The molecule has 2 aromatic rings. The number of phenolic OH excluding ortho intramolecular Hbond substituents is 2. The van der Waals surface area contributed by atoms with Gasteiger partial charge in [-0.3, -0.25) is 14.4 Å². The van der Waals surface area contributed by atoms with Crippen LogP contribution in [0.4, 0.5) is 0 Å². The fourth-order valence-electron chi connectivity index (χ4n) is 5.62. The van der Waals surface area contributed by atoms with E-state index in [1.54, 1.807) is 6.92 Å². The molecule has 1 heterocycles. The van der Waals surface area contributed by atoms with Gasteiger partial charge in [-0.2, -0.15) is 0 Å². The molecule has 0 spiro atoms. The Bertz CT molecular complexity index is 1350. The Morgan fingerprint density at radius 1 is 1.11 bits per heavy atom. The van der Waals surface area contributed by atoms with Crippen molar-refractivity contribution in [1.29, 1.82) is 0 Å². The molecule has 38 heavy (non-hydrogen) atoms. The highest BCUT2D eigenvalue weighted by atomic mass is 16.7. The predicted octanol–water partition coefficient (Wildman–Crippen LogP) is 1.06. The molecule has 0 bridgehead atoms. The van der Waals surface area contributed by atoms with Gasteiger partial charge in [0.15, 0.2) is 17.9 Å². The van der Waals surface area contributed by atoms with E-state index in [1.165, 1.54) is 25.3 Å². The quantitative estimate of drug-likeness (QED) is 0.299. The van der Waals surface area contributed by atoms with E-state index in [0.717, 1.165) is 0 Å². The van der Waals surface area contributed by atoms with Crippen LogP contribution in [0, 0.1) is 0 Å². The van der Waals surface area contributed by atoms with E-state index in [0.29, 0.717) is 6.42 Å². The van der Waals surface area contributed by atoms with E-state index >= 15 is 0 Å². The van der Waals surface area contributed by atoms with Crippen molar-refractivity contribution in [2.75, 3.05) is 13.7 Å². The topological polar surface area (TPSA) is 180 Å². The van der Waals surface area contributed by atoms with Gasteiger partial charge < -0.3 is 39.7 Å². The van der Waals surface area contributed by atoms with E-state index in [4.69, 9.17) is 14.2 Å². The molecular weight excluding hydrogens is 500 g/mol. The summed E-state index contributed by atoms with van der Waals surface area (Å²) in [7, 11) is 1.33. The molecule has 0 radical (unpaired) electrons. The van der Waals surface area contributed by atoms with Gasteiger partial charge in [-0.15, -0.1) is 0 Å². The second kappa shape index (κ2) is 9.44. The fourth-order valence-corrected chi connectivity index (χ4v) is 5.62. The first-order valence-corrected chi connectivity index (χ1v) is 12.2. The van der Waals surface area contributed by atoms with Gasteiger partial charge in [-0.25, -0.2) is 0 Å². The third-order valence-corrected chi connectivity index (χ3v) is 7.66. The van der Waals surface area contributed by atoms with Crippen LogP contribution in [0.2, 0.25) is 0 Å². The van der Waals surface area contributed by atoms with Gasteiger partial charge in [0.1, 0.15) is 29.5 Å². The van der Waals surface area contributed by atoms with Crippen molar-refractivity contribution < 1.29 is 54.1 Å². The number of fused-ring (bicyclic) bond motifs is 3. The van der Waals surface area contributed by atoms with Crippen LogP contribution in [0.15, 0.2) is 18.2 Å². The summed E-state index contributed by atoms with van der Waals surface area (Å²) in [6, 6.07) is 4.39. The maximum atomic E-state index is 13.6. The molecule has 11 nitrogen and oxygen atoms in total. The van der Waals surface area contributed by atoms with Crippen molar-refractivity contribution in [1.82, 2.24) is 0 Å². The average Bonchev–Trinajstić information content (AvgIpc) is 2.90. The Labute approximate surface area is 217 Å². The molecule has 1 unspecified atom stereocenters. The van der Waals surface area contributed by atoms with Crippen molar-refractivity contribution >= 4 is 17.3 Å². The van der Waals surface area contributed by atoms with Gasteiger partial charge in [-0.05, 0) is 19.4 Å². The number of aliphatic hydroxyl groups is 3. The van der Waals surface area contributed by atoms with E-state index in [9.17, 15) is 39.9 Å². The van der Waals surface area contributed by atoms with Crippen molar-refractivity contribution in [3.05, 3.63) is 51.6 Å². The Balaban J connectivity index is 1.69. The number of hydrogen-bond donors (Lipinski definition) is 5.